The monoisotopic (exact) mass is 231 g/mol. The summed E-state index contributed by atoms with van der Waals surface area (Å²) in [7, 11) is 0. The van der Waals surface area contributed by atoms with Crippen LogP contribution in [0.4, 0.5) is 0 Å². The maximum atomic E-state index is 11.0. The average Bonchev–Trinajstić information content (AvgIpc) is 2.36. The van der Waals surface area contributed by atoms with Crippen molar-refractivity contribution in [3.8, 4) is 0 Å². The Bertz CT molecular complexity index is 271. The minimum Gasteiger partial charge on any atom is -0.355 e. The predicted octanol–water partition coefficient (Wildman–Crippen LogP) is 0.782. The number of rotatable bonds is 3. The smallest absolute Gasteiger partial charge is 0.241 e. The summed E-state index contributed by atoms with van der Waals surface area (Å²) in [5, 5.41) is 6.64. The van der Waals surface area contributed by atoms with Gasteiger partial charge in [-0.15, -0.1) is 0 Å². The highest BCUT2D eigenvalue weighted by Crippen LogP contribution is 2.05. The molecule has 0 atom stereocenters. The molecule has 12 heavy (non-hydrogen) atoms. The van der Waals surface area contributed by atoms with Crippen molar-refractivity contribution in [1.29, 1.82) is 0 Å². The molecule has 0 saturated heterocycles. The van der Waals surface area contributed by atoms with E-state index in [1.54, 1.807) is 17.1 Å². The van der Waals surface area contributed by atoms with Crippen LogP contribution in [0.15, 0.2) is 16.9 Å². The Kier molecular flexibility index (Phi) is 3.28. The van der Waals surface area contributed by atoms with Gasteiger partial charge in [-0.25, -0.2) is 0 Å². The zero-order valence-electron chi connectivity index (χ0n) is 6.75. The third-order valence-corrected chi connectivity index (χ3v) is 1.69. The third kappa shape index (κ3) is 2.65. The van der Waals surface area contributed by atoms with Gasteiger partial charge in [0.15, 0.2) is 0 Å². The number of halogens is 1. The number of hydrogen-bond acceptors (Lipinski definition) is 2. The number of carbonyl (C=O) groups excluding carboxylic acids is 1. The van der Waals surface area contributed by atoms with Crippen LogP contribution in [0, 0.1) is 0 Å². The molecule has 0 saturated carbocycles. The molecule has 66 valence electrons. The van der Waals surface area contributed by atoms with Gasteiger partial charge in [0, 0.05) is 12.7 Å². The van der Waals surface area contributed by atoms with E-state index < -0.39 is 0 Å². The van der Waals surface area contributed by atoms with E-state index in [-0.39, 0.29) is 12.5 Å². The van der Waals surface area contributed by atoms with E-state index in [1.165, 1.54) is 0 Å². The molecule has 0 radical (unpaired) electrons. The molecule has 0 aromatic carbocycles. The van der Waals surface area contributed by atoms with E-state index in [0.717, 1.165) is 4.47 Å². The molecule has 1 rings (SSSR count). The average molecular weight is 232 g/mol. The molecule has 0 aliphatic carbocycles. The first-order valence-corrected chi connectivity index (χ1v) is 4.46. The first-order valence-electron chi connectivity index (χ1n) is 3.67. The fourth-order valence-electron chi connectivity index (χ4n) is 0.825. The molecule has 1 amide bonds. The molecule has 0 aliphatic heterocycles. The SMILES string of the molecule is CCNC(=O)Cn1cc(Br)cn1. The summed E-state index contributed by atoms with van der Waals surface area (Å²) >= 11 is 3.25. The number of aromatic nitrogens is 2. The van der Waals surface area contributed by atoms with E-state index >= 15 is 0 Å². The third-order valence-electron chi connectivity index (χ3n) is 1.28. The number of carbonyl (C=O) groups is 1. The van der Waals surface area contributed by atoms with Crippen LogP contribution in [0.5, 0.6) is 0 Å². The Morgan fingerprint density at radius 1 is 1.83 bits per heavy atom. The molecule has 0 fully saturated rings. The molecule has 1 aromatic rings. The van der Waals surface area contributed by atoms with Gasteiger partial charge in [-0.05, 0) is 22.9 Å². The van der Waals surface area contributed by atoms with Crippen LogP contribution in [0.25, 0.3) is 0 Å². The lowest BCUT2D eigenvalue weighted by atomic mass is 10.5. The van der Waals surface area contributed by atoms with Gasteiger partial charge >= 0.3 is 0 Å². The van der Waals surface area contributed by atoms with Crippen LogP contribution in [0.2, 0.25) is 0 Å². The fraction of sp³-hybridized carbons (Fsp3) is 0.429. The van der Waals surface area contributed by atoms with Gasteiger partial charge in [0.1, 0.15) is 6.54 Å². The zero-order valence-corrected chi connectivity index (χ0v) is 8.34. The molecule has 1 heterocycles. The van der Waals surface area contributed by atoms with Gasteiger partial charge in [-0.3, -0.25) is 9.48 Å². The second-order valence-electron chi connectivity index (χ2n) is 2.31. The summed E-state index contributed by atoms with van der Waals surface area (Å²) in [6, 6.07) is 0. The molecule has 0 unspecified atom stereocenters. The summed E-state index contributed by atoms with van der Waals surface area (Å²) in [5.74, 6) is -0.0203. The van der Waals surface area contributed by atoms with E-state index in [2.05, 4.69) is 26.3 Å². The van der Waals surface area contributed by atoms with Crippen molar-refractivity contribution in [1.82, 2.24) is 15.1 Å². The number of nitrogens with zero attached hydrogens (tertiary/aromatic N) is 2. The maximum Gasteiger partial charge on any atom is 0.241 e. The molecule has 0 bridgehead atoms. The van der Waals surface area contributed by atoms with Gasteiger partial charge in [0.05, 0.1) is 10.7 Å². The quantitative estimate of drug-likeness (QED) is 0.837. The molecule has 1 N–H and O–H groups in total. The van der Waals surface area contributed by atoms with Gasteiger partial charge in [-0.1, -0.05) is 0 Å². The van der Waals surface area contributed by atoms with Gasteiger partial charge in [-0.2, -0.15) is 5.10 Å². The number of hydrogen-bond donors (Lipinski definition) is 1. The first kappa shape index (κ1) is 9.25. The number of nitrogens with one attached hydrogen (secondary N) is 1. The topological polar surface area (TPSA) is 46.9 Å². The number of likely N-dealkylation sites (N-methyl/N-ethyl adjacent to an activating group) is 1. The maximum absolute atomic E-state index is 11.0. The molecule has 0 aliphatic rings. The highest BCUT2D eigenvalue weighted by atomic mass is 79.9. The molecule has 0 spiro atoms. The molecular weight excluding hydrogens is 222 g/mol. The normalized spacial score (nSPS) is 9.83. The summed E-state index contributed by atoms with van der Waals surface area (Å²) in [6.07, 6.45) is 3.41. The van der Waals surface area contributed by atoms with E-state index in [1.807, 2.05) is 6.92 Å². The van der Waals surface area contributed by atoms with E-state index in [0.29, 0.717) is 6.54 Å². The first-order chi connectivity index (χ1) is 5.72. The van der Waals surface area contributed by atoms with Gasteiger partial charge in [0.25, 0.3) is 0 Å². The highest BCUT2D eigenvalue weighted by molar-refractivity contribution is 9.10. The van der Waals surface area contributed by atoms with Crippen LogP contribution in [-0.2, 0) is 11.3 Å². The van der Waals surface area contributed by atoms with Gasteiger partial charge in [0.2, 0.25) is 5.91 Å². The summed E-state index contributed by atoms with van der Waals surface area (Å²) < 4.78 is 2.46. The lowest BCUT2D eigenvalue weighted by Gasteiger charge is -2.00. The standard InChI is InChI=1S/C7H10BrN3O/c1-2-9-7(12)5-11-4-6(8)3-10-11/h3-4H,2,5H2,1H3,(H,9,12). The fourth-order valence-corrected chi connectivity index (χ4v) is 1.15. The molecular formula is C7H10BrN3O. The largest absolute Gasteiger partial charge is 0.355 e. The Labute approximate surface area is 79.1 Å². The van der Waals surface area contributed by atoms with Crippen molar-refractivity contribution in [2.75, 3.05) is 6.54 Å². The lowest BCUT2D eigenvalue weighted by molar-refractivity contribution is -0.121. The molecule has 1 aromatic heterocycles. The molecule has 5 heteroatoms. The van der Waals surface area contributed by atoms with Crippen LogP contribution in [0.1, 0.15) is 6.92 Å². The Balaban J connectivity index is 2.46. The van der Waals surface area contributed by atoms with Crippen LogP contribution in [-0.4, -0.2) is 22.2 Å². The van der Waals surface area contributed by atoms with E-state index in [9.17, 15) is 4.79 Å². The van der Waals surface area contributed by atoms with Crippen molar-refractivity contribution < 1.29 is 4.79 Å². The minimum absolute atomic E-state index is 0.0203. The Morgan fingerprint density at radius 3 is 3.08 bits per heavy atom. The zero-order chi connectivity index (χ0) is 8.97. The summed E-state index contributed by atoms with van der Waals surface area (Å²) in [5.41, 5.74) is 0. The Hall–Kier alpha value is -0.840. The minimum atomic E-state index is -0.0203. The summed E-state index contributed by atoms with van der Waals surface area (Å²) in [6.45, 7) is 2.82. The lowest BCUT2D eigenvalue weighted by Crippen LogP contribution is -2.27. The highest BCUT2D eigenvalue weighted by Gasteiger charge is 2.01. The molecule has 4 nitrogen and oxygen atoms in total. The van der Waals surface area contributed by atoms with Crippen LogP contribution < -0.4 is 5.32 Å². The van der Waals surface area contributed by atoms with Crippen LogP contribution >= 0.6 is 15.9 Å². The van der Waals surface area contributed by atoms with Crippen molar-refractivity contribution in [3.63, 3.8) is 0 Å². The van der Waals surface area contributed by atoms with Crippen molar-refractivity contribution in [3.05, 3.63) is 16.9 Å². The van der Waals surface area contributed by atoms with Crippen LogP contribution in [0.3, 0.4) is 0 Å². The predicted molar refractivity (Wildman–Crippen MR) is 48.6 cm³/mol. The van der Waals surface area contributed by atoms with E-state index in [4.69, 9.17) is 0 Å². The Morgan fingerprint density at radius 2 is 2.58 bits per heavy atom. The van der Waals surface area contributed by atoms with Crippen molar-refractivity contribution >= 4 is 21.8 Å². The van der Waals surface area contributed by atoms with Crippen molar-refractivity contribution in [2.45, 2.75) is 13.5 Å². The second kappa shape index (κ2) is 4.25. The van der Waals surface area contributed by atoms with Gasteiger partial charge < -0.3 is 5.32 Å². The number of amides is 1. The van der Waals surface area contributed by atoms with Crippen molar-refractivity contribution in [2.24, 2.45) is 0 Å². The second-order valence-corrected chi connectivity index (χ2v) is 3.23. The summed E-state index contributed by atoms with van der Waals surface area (Å²) in [4.78, 5) is 11.0.